The zero-order chi connectivity index (χ0) is 14.0. The summed E-state index contributed by atoms with van der Waals surface area (Å²) in [5.74, 6) is -0.0608. The van der Waals surface area contributed by atoms with Gasteiger partial charge in [-0.3, -0.25) is 9.89 Å². The van der Waals surface area contributed by atoms with Gasteiger partial charge < -0.3 is 10.2 Å². The van der Waals surface area contributed by atoms with Gasteiger partial charge in [0.25, 0.3) is 5.91 Å². The summed E-state index contributed by atoms with van der Waals surface area (Å²) in [7, 11) is 4.03. The third-order valence-electron chi connectivity index (χ3n) is 4.16. The summed E-state index contributed by atoms with van der Waals surface area (Å²) in [5.41, 5.74) is 2.78. The maximum Gasteiger partial charge on any atom is 0.272 e. The number of fused-ring (bicyclic) bond motifs is 1. The maximum absolute atomic E-state index is 12.2. The fourth-order valence-corrected chi connectivity index (χ4v) is 2.21. The van der Waals surface area contributed by atoms with Crippen molar-refractivity contribution in [2.24, 2.45) is 0 Å². The van der Waals surface area contributed by atoms with Crippen molar-refractivity contribution in [2.45, 2.75) is 45.1 Å². The lowest BCUT2D eigenvalue weighted by Gasteiger charge is -2.32. The average molecular weight is 264 g/mol. The van der Waals surface area contributed by atoms with Gasteiger partial charge in [-0.25, -0.2) is 0 Å². The molecule has 1 aliphatic carbocycles. The highest BCUT2D eigenvalue weighted by atomic mass is 16.1. The predicted octanol–water partition coefficient (Wildman–Crippen LogP) is 1.36. The number of carbonyl (C=O) groups is 1. The summed E-state index contributed by atoms with van der Waals surface area (Å²) in [6.45, 7) is 4.82. The summed E-state index contributed by atoms with van der Waals surface area (Å²) >= 11 is 0. The summed E-state index contributed by atoms with van der Waals surface area (Å²) < 4.78 is 0. The molecule has 5 nitrogen and oxygen atoms in total. The van der Waals surface area contributed by atoms with Gasteiger partial charge in [0.15, 0.2) is 5.69 Å². The van der Waals surface area contributed by atoms with Crippen LogP contribution in [0.25, 0.3) is 0 Å². The third kappa shape index (κ3) is 2.97. The van der Waals surface area contributed by atoms with Crippen LogP contribution in [0.3, 0.4) is 0 Å². The molecule has 19 heavy (non-hydrogen) atoms. The normalized spacial score (nSPS) is 15.4. The number of nitrogens with one attached hydrogen (secondary N) is 2. The highest BCUT2D eigenvalue weighted by Gasteiger charge is 2.25. The fourth-order valence-electron chi connectivity index (χ4n) is 2.21. The van der Waals surface area contributed by atoms with Crippen molar-refractivity contribution in [1.82, 2.24) is 20.4 Å². The van der Waals surface area contributed by atoms with E-state index >= 15 is 0 Å². The Morgan fingerprint density at radius 2 is 2.05 bits per heavy atom. The van der Waals surface area contributed by atoms with E-state index in [-0.39, 0.29) is 11.4 Å². The molecule has 0 spiro atoms. The molecule has 1 amide bonds. The molecule has 2 N–H and O–H groups in total. The Kier molecular flexibility index (Phi) is 3.94. The highest BCUT2D eigenvalue weighted by Crippen LogP contribution is 2.22. The first-order chi connectivity index (χ1) is 8.92. The predicted molar refractivity (Wildman–Crippen MR) is 75.3 cm³/mol. The lowest BCUT2D eigenvalue weighted by molar-refractivity contribution is 0.0913. The smallest absolute Gasteiger partial charge is 0.272 e. The van der Waals surface area contributed by atoms with Gasteiger partial charge in [-0.2, -0.15) is 5.10 Å². The van der Waals surface area contributed by atoms with Crippen molar-refractivity contribution < 1.29 is 4.79 Å². The Balaban J connectivity index is 2.03. The number of carbonyl (C=O) groups excluding carboxylic acids is 1. The highest BCUT2D eigenvalue weighted by molar-refractivity contribution is 5.94. The zero-order valence-corrected chi connectivity index (χ0v) is 12.3. The molecule has 1 heterocycles. The molecule has 0 radical (unpaired) electrons. The van der Waals surface area contributed by atoms with E-state index < -0.39 is 0 Å². The van der Waals surface area contributed by atoms with Crippen molar-refractivity contribution in [3.05, 3.63) is 17.0 Å². The van der Waals surface area contributed by atoms with E-state index in [0.717, 1.165) is 30.5 Å². The molecule has 0 atom stereocenters. The van der Waals surface area contributed by atoms with Crippen molar-refractivity contribution in [3.8, 4) is 0 Å². The molecule has 1 aliphatic rings. The van der Waals surface area contributed by atoms with Gasteiger partial charge in [0.05, 0.1) is 0 Å². The van der Waals surface area contributed by atoms with Crippen LogP contribution in [-0.4, -0.2) is 47.2 Å². The van der Waals surface area contributed by atoms with Crippen molar-refractivity contribution >= 4 is 5.91 Å². The topological polar surface area (TPSA) is 61.0 Å². The monoisotopic (exact) mass is 264 g/mol. The molecule has 0 saturated carbocycles. The van der Waals surface area contributed by atoms with Crippen LogP contribution in [0, 0.1) is 0 Å². The van der Waals surface area contributed by atoms with Crippen LogP contribution in [-0.2, 0) is 12.8 Å². The Morgan fingerprint density at radius 1 is 1.37 bits per heavy atom. The van der Waals surface area contributed by atoms with E-state index in [1.165, 1.54) is 6.42 Å². The van der Waals surface area contributed by atoms with Crippen molar-refractivity contribution in [3.63, 3.8) is 0 Å². The van der Waals surface area contributed by atoms with Crippen LogP contribution in [0.1, 0.15) is 48.4 Å². The number of aryl methyl sites for hydroxylation is 1. The lowest BCUT2D eigenvalue weighted by atomic mass is 9.95. The van der Waals surface area contributed by atoms with Crippen molar-refractivity contribution in [1.29, 1.82) is 0 Å². The standard InChI is InChI=1S/C14H24N4O/c1-14(2,18(3)4)9-15-13(19)12-10-7-5-6-8-11(10)16-17-12/h5-9H2,1-4H3,(H,15,19)(H,16,17). The number of rotatable bonds is 4. The van der Waals surface area contributed by atoms with Gasteiger partial charge in [0, 0.05) is 23.3 Å². The quantitative estimate of drug-likeness (QED) is 0.863. The number of aromatic nitrogens is 2. The summed E-state index contributed by atoms with van der Waals surface area (Å²) in [5, 5.41) is 10.2. The first-order valence-corrected chi connectivity index (χ1v) is 6.93. The number of amides is 1. The summed E-state index contributed by atoms with van der Waals surface area (Å²) in [4.78, 5) is 14.3. The lowest BCUT2D eigenvalue weighted by Crippen LogP contribution is -2.48. The number of likely N-dealkylation sites (N-methyl/N-ethyl adjacent to an activating group) is 1. The van der Waals surface area contributed by atoms with Gasteiger partial charge in [0.2, 0.25) is 0 Å². The summed E-state index contributed by atoms with van der Waals surface area (Å²) in [6, 6.07) is 0. The van der Waals surface area contributed by atoms with Crippen molar-refractivity contribution in [2.75, 3.05) is 20.6 Å². The minimum Gasteiger partial charge on any atom is -0.349 e. The van der Waals surface area contributed by atoms with Crippen LogP contribution >= 0.6 is 0 Å². The van der Waals surface area contributed by atoms with Crippen LogP contribution in [0.15, 0.2) is 0 Å². The van der Waals surface area contributed by atoms with E-state index in [2.05, 4.69) is 34.3 Å². The molecule has 0 aliphatic heterocycles. The molecule has 5 heteroatoms. The second-order valence-electron chi connectivity index (χ2n) is 6.13. The molecule has 2 rings (SSSR count). The minimum atomic E-state index is -0.0635. The van der Waals surface area contributed by atoms with E-state index in [0.29, 0.717) is 12.2 Å². The van der Waals surface area contributed by atoms with Crippen LogP contribution in [0.2, 0.25) is 0 Å². The van der Waals surface area contributed by atoms with Gasteiger partial charge in [0.1, 0.15) is 0 Å². The Morgan fingerprint density at radius 3 is 2.74 bits per heavy atom. The number of hydrogen-bond donors (Lipinski definition) is 2. The molecule has 0 fully saturated rings. The molecular weight excluding hydrogens is 240 g/mol. The Hall–Kier alpha value is -1.36. The number of nitrogens with zero attached hydrogens (tertiary/aromatic N) is 2. The van der Waals surface area contributed by atoms with Crippen LogP contribution in [0.4, 0.5) is 0 Å². The molecule has 1 aromatic rings. The number of H-pyrrole nitrogens is 1. The van der Waals surface area contributed by atoms with E-state index in [1.54, 1.807) is 0 Å². The first-order valence-electron chi connectivity index (χ1n) is 6.93. The maximum atomic E-state index is 12.2. The van der Waals surface area contributed by atoms with Gasteiger partial charge >= 0.3 is 0 Å². The van der Waals surface area contributed by atoms with Gasteiger partial charge in [-0.1, -0.05) is 0 Å². The van der Waals surface area contributed by atoms with Crippen LogP contribution < -0.4 is 5.32 Å². The number of hydrogen-bond acceptors (Lipinski definition) is 3. The Bertz CT molecular complexity index is 462. The van der Waals surface area contributed by atoms with E-state index in [9.17, 15) is 4.79 Å². The molecule has 0 bridgehead atoms. The molecule has 1 aromatic heterocycles. The minimum absolute atomic E-state index is 0.0608. The van der Waals surface area contributed by atoms with Gasteiger partial charge in [-0.05, 0) is 53.6 Å². The SMILES string of the molecule is CN(C)C(C)(C)CNC(=O)c1n[nH]c2c1CCCC2. The molecule has 106 valence electrons. The first kappa shape index (κ1) is 14.1. The fraction of sp³-hybridized carbons (Fsp3) is 0.714. The average Bonchev–Trinajstić information content (AvgIpc) is 2.79. The molecular formula is C14H24N4O. The van der Waals surface area contributed by atoms with Crippen LogP contribution in [0.5, 0.6) is 0 Å². The largest absolute Gasteiger partial charge is 0.349 e. The van der Waals surface area contributed by atoms with Gasteiger partial charge in [-0.15, -0.1) is 0 Å². The second-order valence-corrected chi connectivity index (χ2v) is 6.13. The summed E-state index contributed by atoms with van der Waals surface area (Å²) in [6.07, 6.45) is 4.31. The molecule has 0 unspecified atom stereocenters. The van der Waals surface area contributed by atoms with E-state index in [4.69, 9.17) is 0 Å². The molecule has 0 saturated heterocycles. The molecule has 0 aromatic carbocycles. The third-order valence-corrected chi connectivity index (χ3v) is 4.16. The Labute approximate surface area is 114 Å². The second kappa shape index (κ2) is 5.33. The van der Waals surface area contributed by atoms with E-state index in [1.807, 2.05) is 14.1 Å². The zero-order valence-electron chi connectivity index (χ0n) is 12.3. The number of aromatic amines is 1.